The quantitative estimate of drug-likeness (QED) is 0.0725. The molecule has 0 spiro atoms. The van der Waals surface area contributed by atoms with Gasteiger partial charge in [0.25, 0.3) is 0 Å². The molecule has 0 bridgehead atoms. The summed E-state index contributed by atoms with van der Waals surface area (Å²) in [5, 5.41) is 18.9. The molecule has 11 rings (SSSR count). The molecule has 0 saturated heterocycles. The number of amidine groups is 1. The summed E-state index contributed by atoms with van der Waals surface area (Å²) < 4.78 is 2.31. The Bertz CT molecular complexity index is 3500. The molecule has 1 aromatic heterocycles. The molecule has 0 aliphatic carbocycles. The van der Waals surface area contributed by atoms with Crippen molar-refractivity contribution in [2.45, 2.75) is 0 Å². The first-order chi connectivity index (χ1) is 30.2. The van der Waals surface area contributed by atoms with E-state index in [2.05, 4.69) is 199 Å². The molecule has 3 nitrogen and oxygen atoms in total. The zero-order chi connectivity index (χ0) is 40.7. The predicted octanol–water partition coefficient (Wildman–Crippen LogP) is 15.1. The molecular formula is C58H39N3. The molecule has 1 heterocycles. The average molecular weight is 778 g/mol. The van der Waals surface area contributed by atoms with Crippen LogP contribution in [-0.2, 0) is 0 Å². The molecule has 61 heavy (non-hydrogen) atoms. The third kappa shape index (κ3) is 6.50. The maximum Gasteiger partial charge on any atom is 0.152 e. The van der Waals surface area contributed by atoms with Crippen LogP contribution in [0.3, 0.4) is 0 Å². The van der Waals surface area contributed by atoms with E-state index in [4.69, 9.17) is 10.4 Å². The highest BCUT2D eigenvalue weighted by Crippen LogP contribution is 2.40. The molecule has 3 heteroatoms. The lowest BCUT2D eigenvalue weighted by Gasteiger charge is -2.14. The Kier molecular flexibility index (Phi) is 8.98. The number of nitrogens with zero attached hydrogens (tertiary/aromatic N) is 2. The van der Waals surface area contributed by atoms with Crippen molar-refractivity contribution in [3.05, 3.63) is 241 Å². The molecule has 0 unspecified atom stereocenters. The third-order valence-corrected chi connectivity index (χ3v) is 11.9. The number of rotatable bonds is 7. The van der Waals surface area contributed by atoms with E-state index in [0.717, 1.165) is 61.0 Å². The molecule has 0 aliphatic rings. The van der Waals surface area contributed by atoms with Gasteiger partial charge < -0.3 is 4.57 Å². The lowest BCUT2D eigenvalue weighted by molar-refractivity contribution is 1.18. The fourth-order valence-electron chi connectivity index (χ4n) is 8.98. The van der Waals surface area contributed by atoms with Crippen LogP contribution in [0.15, 0.2) is 229 Å². The van der Waals surface area contributed by atoms with Crippen molar-refractivity contribution in [3.8, 4) is 27.9 Å². The first-order valence-electron chi connectivity index (χ1n) is 20.7. The number of para-hydroxylation sites is 2. The molecule has 0 saturated carbocycles. The summed E-state index contributed by atoms with van der Waals surface area (Å²) in [5.74, 6) is 0.215. The van der Waals surface area contributed by atoms with E-state index in [9.17, 15) is 0 Å². The standard InChI is InChI=1S/C58H39N3/c59-58(44-15-3-1-4-16-44)60-53(50-23-13-25-55-57(50)51-22-11-12-24-54(51)61(55)46-18-5-2-6-19-46)37-28-39-26-29-40(30-27-39)41-31-33-43(34-32-41)56-48-21-10-8-17-45(48)38-52-47-20-9-7-14-42(47)35-36-49(52)56/h1-38,59H/b37-28+,59-58?,60-53?. The Balaban J connectivity index is 0.956. The zero-order valence-electron chi connectivity index (χ0n) is 33.3. The van der Waals surface area contributed by atoms with E-state index in [1.54, 1.807) is 0 Å². The van der Waals surface area contributed by atoms with E-state index in [0.29, 0.717) is 0 Å². The molecule has 1 N–H and O–H groups in total. The van der Waals surface area contributed by atoms with Crippen molar-refractivity contribution in [1.29, 1.82) is 5.41 Å². The second-order valence-electron chi connectivity index (χ2n) is 15.5. The Labute approximate surface area is 354 Å². The van der Waals surface area contributed by atoms with Crippen LogP contribution in [0.2, 0.25) is 0 Å². The van der Waals surface area contributed by atoms with Gasteiger partial charge in [0, 0.05) is 27.6 Å². The number of nitrogens with one attached hydrogen (secondary N) is 1. The van der Waals surface area contributed by atoms with E-state index in [1.807, 2.05) is 36.4 Å². The van der Waals surface area contributed by atoms with Gasteiger partial charge in [-0.05, 0) is 96.5 Å². The molecule has 10 aromatic carbocycles. The Morgan fingerprint density at radius 3 is 1.82 bits per heavy atom. The van der Waals surface area contributed by atoms with E-state index in [1.165, 1.54) is 43.4 Å². The lowest BCUT2D eigenvalue weighted by Crippen LogP contribution is -2.04. The van der Waals surface area contributed by atoms with Crippen LogP contribution in [-0.4, -0.2) is 16.1 Å². The predicted molar refractivity (Wildman–Crippen MR) is 259 cm³/mol. The smallest absolute Gasteiger partial charge is 0.152 e. The lowest BCUT2D eigenvalue weighted by atomic mass is 9.89. The van der Waals surface area contributed by atoms with Gasteiger partial charge in [0.2, 0.25) is 0 Å². The summed E-state index contributed by atoms with van der Waals surface area (Å²) in [6, 6.07) is 77.1. The largest absolute Gasteiger partial charge is 0.309 e. The van der Waals surface area contributed by atoms with Gasteiger partial charge in [-0.1, -0.05) is 194 Å². The molecule has 11 aromatic rings. The van der Waals surface area contributed by atoms with Gasteiger partial charge in [0.1, 0.15) is 0 Å². The Hall–Kier alpha value is -8.14. The second kappa shape index (κ2) is 15.2. The number of aromatic nitrogens is 1. The highest BCUT2D eigenvalue weighted by atomic mass is 15.0. The number of hydrogen-bond acceptors (Lipinski definition) is 1. The zero-order valence-corrected chi connectivity index (χ0v) is 33.3. The number of hydrogen-bond donors (Lipinski definition) is 1. The number of fused-ring (bicyclic) bond motifs is 7. The molecule has 0 aliphatic heterocycles. The maximum atomic E-state index is 9.08. The first-order valence-corrected chi connectivity index (χ1v) is 20.7. The van der Waals surface area contributed by atoms with E-state index < -0.39 is 0 Å². The van der Waals surface area contributed by atoms with Gasteiger partial charge in [-0.15, -0.1) is 0 Å². The van der Waals surface area contributed by atoms with Crippen LogP contribution in [0.5, 0.6) is 0 Å². The summed E-state index contributed by atoms with van der Waals surface area (Å²) >= 11 is 0. The molecule has 0 amide bonds. The summed E-state index contributed by atoms with van der Waals surface area (Å²) in [4.78, 5) is 5.03. The summed E-state index contributed by atoms with van der Waals surface area (Å²) in [6.45, 7) is 0. The van der Waals surface area contributed by atoms with Crippen LogP contribution in [0.4, 0.5) is 0 Å². The average Bonchev–Trinajstić information content (AvgIpc) is 3.67. The number of allylic oxidation sites excluding steroid dienone is 1. The van der Waals surface area contributed by atoms with Gasteiger partial charge in [0.05, 0.1) is 16.7 Å². The third-order valence-electron chi connectivity index (χ3n) is 11.9. The Morgan fingerprint density at radius 2 is 1.05 bits per heavy atom. The van der Waals surface area contributed by atoms with Crippen LogP contribution in [0.1, 0.15) is 16.7 Å². The van der Waals surface area contributed by atoms with Crippen molar-refractivity contribution in [1.82, 2.24) is 4.57 Å². The van der Waals surface area contributed by atoms with Gasteiger partial charge in [-0.25, -0.2) is 4.99 Å². The van der Waals surface area contributed by atoms with Gasteiger partial charge in [-0.3, -0.25) is 5.41 Å². The van der Waals surface area contributed by atoms with Crippen molar-refractivity contribution < 1.29 is 0 Å². The van der Waals surface area contributed by atoms with Crippen LogP contribution in [0, 0.1) is 5.41 Å². The first kappa shape index (κ1) is 36.0. The highest BCUT2D eigenvalue weighted by molar-refractivity contribution is 6.27. The summed E-state index contributed by atoms with van der Waals surface area (Å²) in [6.07, 6.45) is 4.16. The minimum Gasteiger partial charge on any atom is -0.309 e. The van der Waals surface area contributed by atoms with Crippen LogP contribution in [0.25, 0.3) is 88.1 Å². The minimum absolute atomic E-state index is 0.215. The van der Waals surface area contributed by atoms with E-state index >= 15 is 0 Å². The summed E-state index contributed by atoms with van der Waals surface area (Å²) in [7, 11) is 0. The fraction of sp³-hybridized carbons (Fsp3) is 0. The fourth-order valence-corrected chi connectivity index (χ4v) is 8.98. The monoisotopic (exact) mass is 777 g/mol. The molecule has 0 radical (unpaired) electrons. The second-order valence-corrected chi connectivity index (χ2v) is 15.5. The van der Waals surface area contributed by atoms with Crippen LogP contribution >= 0.6 is 0 Å². The maximum absolute atomic E-state index is 9.08. The topological polar surface area (TPSA) is 41.1 Å². The SMILES string of the molecule is N=C(N=C(/C=C/c1ccc(-c2ccc(-c3c4ccccc4cc4c3ccc3ccccc34)cc2)cc1)c1cccc2c1c1ccccc1n2-c1ccccc1)c1ccccc1. The van der Waals surface area contributed by atoms with E-state index in [-0.39, 0.29) is 5.84 Å². The molecule has 286 valence electrons. The van der Waals surface area contributed by atoms with Crippen LogP contribution < -0.4 is 0 Å². The normalized spacial score (nSPS) is 12.0. The molecular weight excluding hydrogens is 739 g/mol. The van der Waals surface area contributed by atoms with Crippen molar-refractivity contribution in [3.63, 3.8) is 0 Å². The number of benzene rings is 10. The van der Waals surface area contributed by atoms with Gasteiger partial charge in [-0.2, -0.15) is 0 Å². The molecule has 0 fully saturated rings. The van der Waals surface area contributed by atoms with Crippen molar-refractivity contribution >= 4 is 71.7 Å². The highest BCUT2D eigenvalue weighted by Gasteiger charge is 2.18. The number of aliphatic imine (C=N–C) groups is 1. The van der Waals surface area contributed by atoms with Crippen molar-refractivity contribution in [2.24, 2.45) is 4.99 Å². The molecule has 0 atom stereocenters. The van der Waals surface area contributed by atoms with Gasteiger partial charge >= 0.3 is 0 Å². The van der Waals surface area contributed by atoms with Gasteiger partial charge in [0.15, 0.2) is 5.84 Å². The minimum atomic E-state index is 0.215. The summed E-state index contributed by atoms with van der Waals surface area (Å²) in [5.41, 5.74) is 11.6. The Morgan fingerprint density at radius 1 is 0.443 bits per heavy atom. The van der Waals surface area contributed by atoms with Crippen molar-refractivity contribution in [2.75, 3.05) is 0 Å².